The zero-order valence-electron chi connectivity index (χ0n) is 16.7. The van der Waals surface area contributed by atoms with Gasteiger partial charge in [-0.05, 0) is 92.7 Å². The lowest BCUT2D eigenvalue weighted by atomic mass is 9.68. The fourth-order valence-corrected chi connectivity index (χ4v) is 5.25. The van der Waals surface area contributed by atoms with Crippen LogP contribution in [0.5, 0.6) is 0 Å². The van der Waals surface area contributed by atoms with Crippen LogP contribution in [0.2, 0.25) is 0 Å². The summed E-state index contributed by atoms with van der Waals surface area (Å²) in [5.74, 6) is 2.30. The van der Waals surface area contributed by atoms with Crippen molar-refractivity contribution in [2.45, 2.75) is 70.8 Å². The van der Waals surface area contributed by atoms with Crippen molar-refractivity contribution in [1.82, 2.24) is 0 Å². The molecule has 0 radical (unpaired) electrons. The summed E-state index contributed by atoms with van der Waals surface area (Å²) in [6.45, 7) is 3.93. The number of ether oxygens (including phenoxy) is 1. The quantitative estimate of drug-likeness (QED) is 0.473. The van der Waals surface area contributed by atoms with Gasteiger partial charge < -0.3 is 4.74 Å². The van der Waals surface area contributed by atoms with Crippen LogP contribution in [0.1, 0.15) is 68.9 Å². The lowest BCUT2D eigenvalue weighted by Crippen LogP contribution is -2.25. The Bertz CT molecular complexity index is 588. The largest absolute Gasteiger partial charge is 0.380 e. The standard InChI is InChI=1S/C24H34F2O/c1-3-17-6-10-20(11-7-17)21-12-8-18(9-13-21)4-5-19-14-23(25)22(16-27-2)24(26)15-19/h3,14-15,17-18,20-21H,1,4-13,16H2,2H3/t17-,18?,20-,21?. The summed E-state index contributed by atoms with van der Waals surface area (Å²) in [6.07, 6.45) is 14.6. The molecule has 0 atom stereocenters. The van der Waals surface area contributed by atoms with Crippen LogP contribution in [0.25, 0.3) is 0 Å². The van der Waals surface area contributed by atoms with Crippen LogP contribution in [0.15, 0.2) is 24.8 Å². The van der Waals surface area contributed by atoms with Crippen LogP contribution in [0, 0.1) is 35.3 Å². The molecule has 0 spiro atoms. The molecule has 2 aliphatic rings. The minimum absolute atomic E-state index is 0.0172. The number of aryl methyl sites for hydroxylation is 1. The molecule has 1 aromatic rings. The number of hydrogen-bond acceptors (Lipinski definition) is 1. The van der Waals surface area contributed by atoms with Gasteiger partial charge in [-0.2, -0.15) is 0 Å². The highest BCUT2D eigenvalue weighted by Crippen LogP contribution is 2.42. The average Bonchev–Trinajstić information content (AvgIpc) is 2.70. The highest BCUT2D eigenvalue weighted by Gasteiger charge is 2.30. The zero-order valence-corrected chi connectivity index (χ0v) is 16.7. The summed E-state index contributed by atoms with van der Waals surface area (Å²) in [5.41, 5.74) is 0.808. The average molecular weight is 377 g/mol. The number of benzene rings is 1. The zero-order chi connectivity index (χ0) is 19.2. The molecule has 27 heavy (non-hydrogen) atoms. The molecule has 0 bridgehead atoms. The van der Waals surface area contributed by atoms with E-state index in [-0.39, 0.29) is 12.2 Å². The van der Waals surface area contributed by atoms with Gasteiger partial charge in [0.2, 0.25) is 0 Å². The van der Waals surface area contributed by atoms with Gasteiger partial charge >= 0.3 is 0 Å². The molecule has 3 rings (SSSR count). The summed E-state index contributed by atoms with van der Waals surface area (Å²) in [5, 5.41) is 0. The topological polar surface area (TPSA) is 9.23 Å². The molecule has 1 aromatic carbocycles. The predicted molar refractivity (Wildman–Crippen MR) is 106 cm³/mol. The van der Waals surface area contributed by atoms with Gasteiger partial charge in [0.25, 0.3) is 0 Å². The minimum Gasteiger partial charge on any atom is -0.380 e. The van der Waals surface area contributed by atoms with Gasteiger partial charge in [-0.15, -0.1) is 6.58 Å². The number of halogens is 2. The van der Waals surface area contributed by atoms with E-state index in [4.69, 9.17) is 4.74 Å². The second-order valence-corrected chi connectivity index (χ2v) is 8.70. The predicted octanol–water partition coefficient (Wildman–Crippen LogP) is 6.84. The van der Waals surface area contributed by atoms with Crippen LogP contribution in [-0.2, 0) is 17.8 Å². The number of methoxy groups -OCH3 is 1. The number of allylic oxidation sites excluding steroid dienone is 1. The summed E-state index contributed by atoms with van der Waals surface area (Å²) in [7, 11) is 1.45. The lowest BCUT2D eigenvalue weighted by Gasteiger charge is -2.37. The summed E-state index contributed by atoms with van der Waals surface area (Å²) < 4.78 is 33.0. The molecule has 0 aromatic heterocycles. The molecule has 2 saturated carbocycles. The van der Waals surface area contributed by atoms with Crippen molar-refractivity contribution in [3.8, 4) is 0 Å². The van der Waals surface area contributed by atoms with Gasteiger partial charge in [-0.1, -0.05) is 18.9 Å². The van der Waals surface area contributed by atoms with Crippen LogP contribution >= 0.6 is 0 Å². The SMILES string of the molecule is C=C[C@H]1CC[C@H](C2CCC(CCc3cc(F)c(COC)c(F)c3)CC2)CC1. The fraction of sp³-hybridized carbons (Fsp3) is 0.667. The maximum Gasteiger partial charge on any atom is 0.131 e. The van der Waals surface area contributed by atoms with Gasteiger partial charge in [-0.25, -0.2) is 8.78 Å². The number of rotatable bonds is 7. The Hall–Kier alpha value is -1.22. The second kappa shape index (κ2) is 9.82. The van der Waals surface area contributed by atoms with E-state index < -0.39 is 11.6 Å². The first-order chi connectivity index (χ1) is 13.1. The lowest BCUT2D eigenvalue weighted by molar-refractivity contribution is 0.153. The van der Waals surface area contributed by atoms with E-state index in [0.29, 0.717) is 5.92 Å². The maximum absolute atomic E-state index is 14.0. The Balaban J connectivity index is 1.44. The molecule has 3 heteroatoms. The first-order valence-corrected chi connectivity index (χ1v) is 10.7. The minimum atomic E-state index is -0.481. The summed E-state index contributed by atoms with van der Waals surface area (Å²) in [4.78, 5) is 0. The molecule has 0 saturated heterocycles. The Labute approximate surface area is 163 Å². The smallest absolute Gasteiger partial charge is 0.131 e. The van der Waals surface area contributed by atoms with Crippen molar-refractivity contribution < 1.29 is 13.5 Å². The molecular formula is C24H34F2O. The van der Waals surface area contributed by atoms with Crippen molar-refractivity contribution in [3.05, 3.63) is 47.5 Å². The third-order valence-corrected chi connectivity index (χ3v) is 7.04. The van der Waals surface area contributed by atoms with E-state index >= 15 is 0 Å². The Morgan fingerprint density at radius 2 is 1.52 bits per heavy atom. The molecular weight excluding hydrogens is 342 g/mol. The molecule has 0 aliphatic heterocycles. The third-order valence-electron chi connectivity index (χ3n) is 7.04. The molecule has 2 fully saturated rings. The molecule has 0 N–H and O–H groups in total. The molecule has 2 aliphatic carbocycles. The highest BCUT2D eigenvalue weighted by molar-refractivity contribution is 5.26. The number of hydrogen-bond donors (Lipinski definition) is 0. The van der Waals surface area contributed by atoms with Crippen LogP contribution in [0.3, 0.4) is 0 Å². The first kappa shape index (κ1) is 20.5. The van der Waals surface area contributed by atoms with Gasteiger partial charge in [0, 0.05) is 12.7 Å². The van der Waals surface area contributed by atoms with Crippen LogP contribution in [-0.4, -0.2) is 7.11 Å². The second-order valence-electron chi connectivity index (χ2n) is 8.70. The fourth-order valence-electron chi connectivity index (χ4n) is 5.25. The molecule has 150 valence electrons. The Morgan fingerprint density at radius 3 is 2.04 bits per heavy atom. The molecule has 0 unspecified atom stereocenters. The highest BCUT2D eigenvalue weighted by atomic mass is 19.1. The maximum atomic E-state index is 14.0. The van der Waals surface area contributed by atoms with E-state index in [0.717, 1.165) is 36.2 Å². The van der Waals surface area contributed by atoms with E-state index in [1.165, 1.54) is 70.6 Å². The van der Waals surface area contributed by atoms with Crippen molar-refractivity contribution in [2.75, 3.05) is 7.11 Å². The van der Waals surface area contributed by atoms with Crippen molar-refractivity contribution in [3.63, 3.8) is 0 Å². The van der Waals surface area contributed by atoms with E-state index in [2.05, 4.69) is 12.7 Å². The molecule has 0 amide bonds. The van der Waals surface area contributed by atoms with Crippen LogP contribution in [0.4, 0.5) is 8.78 Å². The monoisotopic (exact) mass is 376 g/mol. The normalized spacial score (nSPS) is 28.9. The van der Waals surface area contributed by atoms with E-state index in [9.17, 15) is 8.78 Å². The summed E-state index contributed by atoms with van der Waals surface area (Å²) in [6, 6.07) is 2.97. The van der Waals surface area contributed by atoms with Gasteiger partial charge in [0.15, 0.2) is 0 Å². The van der Waals surface area contributed by atoms with E-state index in [1.807, 2.05) is 0 Å². The Kier molecular flexibility index (Phi) is 7.46. The van der Waals surface area contributed by atoms with Crippen molar-refractivity contribution in [1.29, 1.82) is 0 Å². The van der Waals surface area contributed by atoms with Gasteiger partial charge in [0.1, 0.15) is 11.6 Å². The molecule has 1 nitrogen and oxygen atoms in total. The van der Waals surface area contributed by atoms with Gasteiger partial charge in [-0.3, -0.25) is 0 Å². The summed E-state index contributed by atoms with van der Waals surface area (Å²) >= 11 is 0. The first-order valence-electron chi connectivity index (χ1n) is 10.7. The molecule has 0 heterocycles. The van der Waals surface area contributed by atoms with Crippen LogP contribution < -0.4 is 0 Å². The van der Waals surface area contributed by atoms with Crippen molar-refractivity contribution >= 4 is 0 Å². The van der Waals surface area contributed by atoms with E-state index in [1.54, 1.807) is 0 Å². The Morgan fingerprint density at radius 1 is 0.963 bits per heavy atom. The van der Waals surface area contributed by atoms with Crippen molar-refractivity contribution in [2.24, 2.45) is 23.7 Å². The third kappa shape index (κ3) is 5.40. The van der Waals surface area contributed by atoms with Gasteiger partial charge in [0.05, 0.1) is 6.61 Å².